The second kappa shape index (κ2) is 5.92. The van der Waals surface area contributed by atoms with Crippen molar-refractivity contribution in [1.82, 2.24) is 4.98 Å². The van der Waals surface area contributed by atoms with Crippen LogP contribution in [0.15, 0.2) is 36.7 Å². The van der Waals surface area contributed by atoms with E-state index in [1.807, 2.05) is 19.9 Å². The SMILES string of the molecule is Cc1cnccc1C(=O)CC(=O)c1ccc2c(c1)N(C)C(=O)C2(C)C. The molecule has 1 aliphatic heterocycles. The Balaban J connectivity index is 1.87. The molecule has 1 amide bonds. The molecule has 5 heteroatoms. The molecule has 0 unspecified atom stereocenters. The molecule has 1 aromatic carbocycles. The third kappa shape index (κ3) is 2.76. The van der Waals surface area contributed by atoms with Crippen LogP contribution in [0.4, 0.5) is 5.69 Å². The standard InChI is InChI=1S/C20H20N2O3/c1-12-11-21-8-7-14(12)18(24)10-17(23)13-5-6-15-16(9-13)22(4)19(25)20(15,2)3/h5-9,11H,10H2,1-4H3. The van der Waals surface area contributed by atoms with Crippen LogP contribution in [0, 0.1) is 6.92 Å². The van der Waals surface area contributed by atoms with E-state index in [9.17, 15) is 14.4 Å². The van der Waals surface area contributed by atoms with Gasteiger partial charge in [-0.1, -0.05) is 12.1 Å². The Hall–Kier alpha value is -2.82. The zero-order chi connectivity index (χ0) is 18.4. The van der Waals surface area contributed by atoms with Crippen molar-refractivity contribution in [2.24, 2.45) is 0 Å². The number of aromatic nitrogens is 1. The summed E-state index contributed by atoms with van der Waals surface area (Å²) in [6.45, 7) is 5.53. The lowest BCUT2D eigenvalue weighted by atomic mass is 9.85. The van der Waals surface area contributed by atoms with E-state index in [1.54, 1.807) is 49.5 Å². The van der Waals surface area contributed by atoms with Crippen molar-refractivity contribution < 1.29 is 14.4 Å². The van der Waals surface area contributed by atoms with Gasteiger partial charge in [-0.3, -0.25) is 19.4 Å². The quantitative estimate of drug-likeness (QED) is 0.635. The molecule has 0 bridgehead atoms. The molecule has 0 fully saturated rings. The number of benzene rings is 1. The number of likely N-dealkylation sites (N-methyl/N-ethyl adjacent to an activating group) is 1. The van der Waals surface area contributed by atoms with Gasteiger partial charge >= 0.3 is 0 Å². The van der Waals surface area contributed by atoms with E-state index >= 15 is 0 Å². The highest BCUT2D eigenvalue weighted by Crippen LogP contribution is 2.41. The van der Waals surface area contributed by atoms with Gasteiger partial charge in [-0.2, -0.15) is 0 Å². The van der Waals surface area contributed by atoms with Gasteiger partial charge in [0.2, 0.25) is 5.91 Å². The van der Waals surface area contributed by atoms with E-state index in [0.29, 0.717) is 11.1 Å². The highest BCUT2D eigenvalue weighted by molar-refractivity contribution is 6.15. The van der Waals surface area contributed by atoms with Gasteiger partial charge in [0, 0.05) is 36.3 Å². The van der Waals surface area contributed by atoms with Crippen molar-refractivity contribution in [2.75, 3.05) is 11.9 Å². The smallest absolute Gasteiger partial charge is 0.236 e. The molecule has 0 aliphatic carbocycles. The topological polar surface area (TPSA) is 67.3 Å². The molecule has 1 aromatic heterocycles. The van der Waals surface area contributed by atoms with E-state index in [4.69, 9.17) is 0 Å². The number of fused-ring (bicyclic) bond motifs is 1. The molecule has 2 heterocycles. The molecule has 1 aliphatic rings. The zero-order valence-corrected chi connectivity index (χ0v) is 14.8. The van der Waals surface area contributed by atoms with Gasteiger partial charge in [-0.05, 0) is 44.0 Å². The minimum atomic E-state index is -0.602. The van der Waals surface area contributed by atoms with Crippen LogP contribution in [0.5, 0.6) is 0 Å². The maximum absolute atomic E-state index is 12.5. The van der Waals surface area contributed by atoms with Gasteiger partial charge in [0.1, 0.15) is 0 Å². The van der Waals surface area contributed by atoms with Crippen LogP contribution in [0.25, 0.3) is 0 Å². The second-order valence-electron chi connectivity index (χ2n) is 6.93. The summed E-state index contributed by atoms with van der Waals surface area (Å²) in [6.07, 6.45) is 2.95. The summed E-state index contributed by atoms with van der Waals surface area (Å²) < 4.78 is 0. The van der Waals surface area contributed by atoms with E-state index < -0.39 is 5.41 Å². The van der Waals surface area contributed by atoms with Crippen LogP contribution in [-0.2, 0) is 10.2 Å². The fourth-order valence-corrected chi connectivity index (χ4v) is 3.28. The molecule has 5 nitrogen and oxygen atoms in total. The Morgan fingerprint density at radius 3 is 2.56 bits per heavy atom. The van der Waals surface area contributed by atoms with Gasteiger partial charge in [-0.25, -0.2) is 0 Å². The molecule has 2 aromatic rings. The summed E-state index contributed by atoms with van der Waals surface area (Å²) >= 11 is 0. The fraction of sp³-hybridized carbons (Fsp3) is 0.300. The lowest BCUT2D eigenvalue weighted by Gasteiger charge is -2.16. The van der Waals surface area contributed by atoms with E-state index in [0.717, 1.165) is 16.8 Å². The number of carbonyl (C=O) groups excluding carboxylic acids is 3. The van der Waals surface area contributed by atoms with Crippen LogP contribution >= 0.6 is 0 Å². The number of nitrogens with zero attached hydrogens (tertiary/aromatic N) is 2. The molecular formula is C20H20N2O3. The van der Waals surface area contributed by atoms with Crippen molar-refractivity contribution in [3.8, 4) is 0 Å². The minimum absolute atomic E-state index is 0.00409. The first-order valence-electron chi connectivity index (χ1n) is 8.13. The minimum Gasteiger partial charge on any atom is -0.314 e. The Morgan fingerprint density at radius 2 is 1.88 bits per heavy atom. The first-order chi connectivity index (χ1) is 11.7. The van der Waals surface area contributed by atoms with Crippen LogP contribution in [0.3, 0.4) is 0 Å². The number of anilines is 1. The predicted octanol–water partition coefficient (Wildman–Crippen LogP) is 3.10. The van der Waals surface area contributed by atoms with Crippen molar-refractivity contribution in [1.29, 1.82) is 0 Å². The zero-order valence-electron chi connectivity index (χ0n) is 14.8. The first-order valence-corrected chi connectivity index (χ1v) is 8.13. The Bertz CT molecular complexity index is 900. The summed E-state index contributed by atoms with van der Waals surface area (Å²) in [6, 6.07) is 6.84. The van der Waals surface area contributed by atoms with Gasteiger partial charge in [0.05, 0.1) is 11.8 Å². The van der Waals surface area contributed by atoms with Crippen LogP contribution in [-0.4, -0.2) is 29.5 Å². The number of amides is 1. The van der Waals surface area contributed by atoms with Crippen molar-refractivity contribution in [3.63, 3.8) is 0 Å². The predicted molar refractivity (Wildman–Crippen MR) is 95.1 cm³/mol. The van der Waals surface area contributed by atoms with Gasteiger partial charge in [-0.15, -0.1) is 0 Å². The Kier molecular flexibility index (Phi) is 4.03. The molecule has 0 atom stereocenters. The number of ketones is 2. The molecule has 0 spiro atoms. The van der Waals surface area contributed by atoms with Gasteiger partial charge in [0.25, 0.3) is 0 Å². The summed E-state index contributed by atoms with van der Waals surface area (Å²) in [7, 11) is 1.70. The maximum Gasteiger partial charge on any atom is 0.236 e. The number of hydrogen-bond acceptors (Lipinski definition) is 4. The molecule has 3 rings (SSSR count). The molecular weight excluding hydrogens is 316 g/mol. The van der Waals surface area contributed by atoms with Crippen LogP contribution in [0.2, 0.25) is 0 Å². The molecule has 25 heavy (non-hydrogen) atoms. The summed E-state index contributed by atoms with van der Waals surface area (Å²) in [5.41, 5.74) is 2.73. The van der Waals surface area contributed by atoms with E-state index in [1.165, 1.54) is 0 Å². The average molecular weight is 336 g/mol. The van der Waals surface area contributed by atoms with Gasteiger partial charge < -0.3 is 4.90 Å². The number of pyridine rings is 1. The summed E-state index contributed by atoms with van der Waals surface area (Å²) in [4.78, 5) is 42.8. The number of Topliss-reactive ketones (excluding diaryl/α,β-unsaturated/α-hetero) is 2. The maximum atomic E-state index is 12.5. The summed E-state index contributed by atoms with van der Waals surface area (Å²) in [5.74, 6) is -0.486. The summed E-state index contributed by atoms with van der Waals surface area (Å²) in [5, 5.41) is 0. The highest BCUT2D eigenvalue weighted by Gasteiger charge is 2.42. The molecule has 0 saturated carbocycles. The molecule has 128 valence electrons. The number of hydrogen-bond donors (Lipinski definition) is 0. The number of rotatable bonds is 4. The largest absolute Gasteiger partial charge is 0.314 e. The molecule has 0 N–H and O–H groups in total. The van der Waals surface area contributed by atoms with Crippen molar-refractivity contribution >= 4 is 23.2 Å². The van der Waals surface area contributed by atoms with Crippen LogP contribution in [0.1, 0.15) is 52.1 Å². The Morgan fingerprint density at radius 1 is 1.16 bits per heavy atom. The van der Waals surface area contributed by atoms with Gasteiger partial charge in [0.15, 0.2) is 11.6 Å². The third-order valence-corrected chi connectivity index (χ3v) is 4.84. The van der Waals surface area contributed by atoms with E-state index in [2.05, 4.69) is 4.98 Å². The van der Waals surface area contributed by atoms with Crippen molar-refractivity contribution in [2.45, 2.75) is 32.6 Å². The van der Waals surface area contributed by atoms with E-state index in [-0.39, 0.29) is 23.9 Å². The monoisotopic (exact) mass is 336 g/mol. The fourth-order valence-electron chi connectivity index (χ4n) is 3.28. The normalized spacial score (nSPS) is 15.2. The average Bonchev–Trinajstić information content (AvgIpc) is 2.75. The highest BCUT2D eigenvalue weighted by atomic mass is 16.2. The Labute approximate surface area is 146 Å². The molecule has 0 saturated heterocycles. The first kappa shape index (κ1) is 17.0. The lowest BCUT2D eigenvalue weighted by Crippen LogP contribution is -2.33. The second-order valence-corrected chi connectivity index (χ2v) is 6.93. The lowest BCUT2D eigenvalue weighted by molar-refractivity contribution is -0.121. The number of aryl methyl sites for hydroxylation is 1. The van der Waals surface area contributed by atoms with Crippen LogP contribution < -0.4 is 4.90 Å². The number of carbonyl (C=O) groups is 3. The van der Waals surface area contributed by atoms with Crippen molar-refractivity contribution in [3.05, 3.63) is 58.9 Å². The third-order valence-electron chi connectivity index (χ3n) is 4.84. The molecule has 0 radical (unpaired) electrons.